The third-order valence-corrected chi connectivity index (χ3v) is 3.81. The lowest BCUT2D eigenvalue weighted by Gasteiger charge is -2.19. The van der Waals surface area contributed by atoms with Gasteiger partial charge in [0.15, 0.2) is 0 Å². The number of nitrogens with one attached hydrogen (secondary N) is 1. The van der Waals surface area contributed by atoms with Gasteiger partial charge in [-0.05, 0) is 42.3 Å². The maximum Gasteiger partial charge on any atom is 0.0511 e. The van der Waals surface area contributed by atoms with E-state index in [0.717, 1.165) is 21.1 Å². The first-order valence-electron chi connectivity index (χ1n) is 5.96. The number of anilines is 1. The Morgan fingerprint density at radius 2 is 1.67 bits per heavy atom. The maximum atomic E-state index is 3.56. The van der Waals surface area contributed by atoms with Crippen LogP contribution in [0.15, 0.2) is 57.5 Å². The van der Waals surface area contributed by atoms with Crippen LogP contribution >= 0.6 is 31.9 Å². The zero-order valence-electron chi connectivity index (χ0n) is 10.2. The lowest BCUT2D eigenvalue weighted by Crippen LogP contribution is -2.09. The highest BCUT2D eigenvalue weighted by molar-refractivity contribution is 9.10. The summed E-state index contributed by atoms with van der Waals surface area (Å²) in [5.41, 5.74) is 2.43. The van der Waals surface area contributed by atoms with Crippen molar-refractivity contribution in [1.82, 2.24) is 0 Å². The molecular weight excluding hydrogens is 354 g/mol. The summed E-state index contributed by atoms with van der Waals surface area (Å²) < 4.78 is 2.21. The molecule has 0 aromatic heterocycles. The fourth-order valence-corrected chi connectivity index (χ4v) is 2.74. The topological polar surface area (TPSA) is 12.0 Å². The lowest BCUT2D eigenvalue weighted by atomic mass is 10.0. The minimum atomic E-state index is 0.330. The van der Waals surface area contributed by atoms with Gasteiger partial charge in [-0.3, -0.25) is 0 Å². The smallest absolute Gasteiger partial charge is 0.0511 e. The van der Waals surface area contributed by atoms with Crippen molar-refractivity contribution in [3.63, 3.8) is 0 Å². The van der Waals surface area contributed by atoms with Crippen LogP contribution in [0.1, 0.15) is 24.9 Å². The maximum absolute atomic E-state index is 3.56. The molecule has 2 aromatic carbocycles. The van der Waals surface area contributed by atoms with Crippen molar-refractivity contribution < 1.29 is 0 Å². The monoisotopic (exact) mass is 367 g/mol. The molecule has 1 N–H and O–H groups in total. The third kappa shape index (κ3) is 3.59. The zero-order chi connectivity index (χ0) is 13.0. The van der Waals surface area contributed by atoms with Gasteiger partial charge in [0.25, 0.3) is 0 Å². The van der Waals surface area contributed by atoms with Crippen molar-refractivity contribution in [2.75, 3.05) is 5.32 Å². The molecule has 18 heavy (non-hydrogen) atoms. The summed E-state index contributed by atoms with van der Waals surface area (Å²) in [4.78, 5) is 0. The Balaban J connectivity index is 2.19. The van der Waals surface area contributed by atoms with Gasteiger partial charge in [-0.1, -0.05) is 57.0 Å². The molecule has 0 heterocycles. The van der Waals surface area contributed by atoms with E-state index in [9.17, 15) is 0 Å². The summed E-state index contributed by atoms with van der Waals surface area (Å²) in [6, 6.07) is 17.0. The van der Waals surface area contributed by atoms with Gasteiger partial charge in [0.05, 0.1) is 6.04 Å². The standard InChI is InChI=1S/C15H15Br2N/c1-2-15(11-5-3-6-12(16)9-11)18-14-8-4-7-13(17)10-14/h3-10,15,18H,2H2,1H3. The van der Waals surface area contributed by atoms with Crippen molar-refractivity contribution in [2.24, 2.45) is 0 Å². The summed E-state index contributed by atoms with van der Waals surface area (Å²) in [7, 11) is 0. The molecule has 0 aliphatic heterocycles. The second-order valence-corrected chi connectivity index (χ2v) is 6.00. The van der Waals surface area contributed by atoms with Gasteiger partial charge in [-0.25, -0.2) is 0 Å². The number of hydrogen-bond acceptors (Lipinski definition) is 1. The molecule has 3 heteroatoms. The van der Waals surface area contributed by atoms with Crippen molar-refractivity contribution in [3.05, 3.63) is 63.0 Å². The van der Waals surface area contributed by atoms with Crippen LogP contribution in [0.3, 0.4) is 0 Å². The fraction of sp³-hybridized carbons (Fsp3) is 0.200. The summed E-state index contributed by atoms with van der Waals surface area (Å²) in [5, 5.41) is 3.56. The van der Waals surface area contributed by atoms with Crippen molar-refractivity contribution in [3.8, 4) is 0 Å². The summed E-state index contributed by atoms with van der Waals surface area (Å²) in [6.45, 7) is 2.19. The van der Waals surface area contributed by atoms with E-state index in [4.69, 9.17) is 0 Å². The first kappa shape index (κ1) is 13.6. The van der Waals surface area contributed by atoms with Gasteiger partial charge in [-0.2, -0.15) is 0 Å². The molecule has 0 spiro atoms. The Morgan fingerprint density at radius 3 is 2.28 bits per heavy atom. The number of benzene rings is 2. The van der Waals surface area contributed by atoms with E-state index >= 15 is 0 Å². The SMILES string of the molecule is CCC(Nc1cccc(Br)c1)c1cccc(Br)c1. The molecule has 1 unspecified atom stereocenters. The zero-order valence-corrected chi connectivity index (χ0v) is 13.3. The van der Waals surface area contributed by atoms with E-state index < -0.39 is 0 Å². The average Bonchev–Trinajstić information content (AvgIpc) is 2.36. The first-order chi connectivity index (χ1) is 8.69. The van der Waals surface area contributed by atoms with E-state index in [1.807, 2.05) is 12.1 Å². The molecule has 0 saturated heterocycles. The van der Waals surface area contributed by atoms with Crippen LogP contribution < -0.4 is 5.32 Å². The molecular formula is C15H15Br2N. The van der Waals surface area contributed by atoms with Crippen LogP contribution in [0.25, 0.3) is 0 Å². The predicted molar refractivity (Wildman–Crippen MR) is 84.9 cm³/mol. The third-order valence-electron chi connectivity index (χ3n) is 2.82. The molecule has 2 rings (SSSR count). The average molecular weight is 369 g/mol. The minimum absolute atomic E-state index is 0.330. The molecule has 94 valence electrons. The van der Waals surface area contributed by atoms with Gasteiger partial charge in [0.2, 0.25) is 0 Å². The highest BCUT2D eigenvalue weighted by Crippen LogP contribution is 2.26. The van der Waals surface area contributed by atoms with Gasteiger partial charge in [0, 0.05) is 14.6 Å². The molecule has 0 bridgehead atoms. The quantitative estimate of drug-likeness (QED) is 0.721. The van der Waals surface area contributed by atoms with Crippen LogP contribution in [0.5, 0.6) is 0 Å². The predicted octanol–water partition coefficient (Wildman–Crippen LogP) is 5.77. The van der Waals surface area contributed by atoms with Crippen molar-refractivity contribution >= 4 is 37.5 Å². The van der Waals surface area contributed by atoms with Gasteiger partial charge in [-0.15, -0.1) is 0 Å². The van der Waals surface area contributed by atoms with E-state index in [1.165, 1.54) is 5.56 Å². The summed E-state index contributed by atoms with van der Waals surface area (Å²) in [6.07, 6.45) is 1.04. The molecule has 0 amide bonds. The van der Waals surface area contributed by atoms with Crippen molar-refractivity contribution in [1.29, 1.82) is 0 Å². The normalized spacial score (nSPS) is 12.2. The van der Waals surface area contributed by atoms with Gasteiger partial charge >= 0.3 is 0 Å². The molecule has 0 radical (unpaired) electrons. The van der Waals surface area contributed by atoms with Crippen LogP contribution in [0.4, 0.5) is 5.69 Å². The van der Waals surface area contributed by atoms with Crippen LogP contribution in [0.2, 0.25) is 0 Å². The van der Waals surface area contributed by atoms with E-state index in [2.05, 4.69) is 80.5 Å². The Morgan fingerprint density at radius 1 is 1.00 bits per heavy atom. The first-order valence-corrected chi connectivity index (χ1v) is 7.55. The Labute approximate surface area is 125 Å². The molecule has 0 aliphatic carbocycles. The van der Waals surface area contributed by atoms with Gasteiger partial charge < -0.3 is 5.32 Å². The molecule has 1 atom stereocenters. The largest absolute Gasteiger partial charge is 0.378 e. The van der Waals surface area contributed by atoms with Gasteiger partial charge in [0.1, 0.15) is 0 Å². The molecule has 2 aromatic rings. The summed E-state index contributed by atoms with van der Waals surface area (Å²) in [5.74, 6) is 0. The molecule has 0 saturated carbocycles. The molecule has 0 aliphatic rings. The van der Waals surface area contributed by atoms with Crippen LogP contribution in [0, 0.1) is 0 Å². The second kappa shape index (κ2) is 6.39. The Kier molecular flexibility index (Phi) is 4.84. The highest BCUT2D eigenvalue weighted by atomic mass is 79.9. The Bertz CT molecular complexity index is 525. The number of halogens is 2. The number of rotatable bonds is 4. The van der Waals surface area contributed by atoms with E-state index in [-0.39, 0.29) is 0 Å². The fourth-order valence-electron chi connectivity index (χ4n) is 1.92. The minimum Gasteiger partial charge on any atom is -0.378 e. The molecule has 1 nitrogen and oxygen atoms in total. The molecule has 0 fully saturated rings. The lowest BCUT2D eigenvalue weighted by molar-refractivity contribution is 0.749. The highest BCUT2D eigenvalue weighted by Gasteiger charge is 2.09. The van der Waals surface area contributed by atoms with Crippen LogP contribution in [-0.4, -0.2) is 0 Å². The second-order valence-electron chi connectivity index (χ2n) is 4.17. The van der Waals surface area contributed by atoms with E-state index in [1.54, 1.807) is 0 Å². The van der Waals surface area contributed by atoms with Crippen molar-refractivity contribution in [2.45, 2.75) is 19.4 Å². The van der Waals surface area contributed by atoms with E-state index in [0.29, 0.717) is 6.04 Å². The van der Waals surface area contributed by atoms with Crippen LogP contribution in [-0.2, 0) is 0 Å². The summed E-state index contributed by atoms with van der Waals surface area (Å²) >= 11 is 7.02. The Hall–Kier alpha value is -0.800. The number of hydrogen-bond donors (Lipinski definition) is 1.